The summed E-state index contributed by atoms with van der Waals surface area (Å²) in [6.45, 7) is 0.640. The lowest BCUT2D eigenvalue weighted by Crippen LogP contribution is -2.44. The van der Waals surface area contributed by atoms with Crippen LogP contribution in [0.25, 0.3) is 0 Å². The fraction of sp³-hybridized carbons (Fsp3) is 0.267. The van der Waals surface area contributed by atoms with E-state index >= 15 is 0 Å². The van der Waals surface area contributed by atoms with Crippen molar-refractivity contribution in [1.82, 2.24) is 10.3 Å². The Hall–Kier alpha value is -2.45. The maximum Gasteiger partial charge on any atom is 0.270 e. The summed E-state index contributed by atoms with van der Waals surface area (Å²) in [6.07, 6.45) is 0.603. The minimum absolute atomic E-state index is 0.0731. The van der Waals surface area contributed by atoms with Gasteiger partial charge in [0, 0.05) is 13.6 Å². The molecule has 0 saturated carbocycles. The molecule has 0 aliphatic carbocycles. The minimum atomic E-state index is -0.667. The Morgan fingerprint density at radius 2 is 2.09 bits per heavy atom. The highest BCUT2D eigenvalue weighted by molar-refractivity contribution is 7.20. The molecule has 120 valence electrons. The monoisotopic (exact) mass is 331 g/mol. The first-order chi connectivity index (χ1) is 11.1. The molecule has 7 nitrogen and oxygen atoms in total. The Morgan fingerprint density at radius 1 is 1.35 bits per heavy atom. The highest BCUT2D eigenvalue weighted by Gasteiger charge is 2.26. The fourth-order valence-electron chi connectivity index (χ4n) is 2.52. The van der Waals surface area contributed by atoms with Gasteiger partial charge in [-0.05, 0) is 17.5 Å². The van der Waals surface area contributed by atoms with Crippen LogP contribution in [0.15, 0.2) is 24.3 Å². The molecular formula is C15H17N5O2S. The molecular weight excluding hydrogens is 314 g/mol. The van der Waals surface area contributed by atoms with Gasteiger partial charge in [-0.15, -0.1) is 0 Å². The summed E-state index contributed by atoms with van der Waals surface area (Å²) in [6, 6.07) is 7.66. The average Bonchev–Trinajstić information content (AvgIpc) is 2.97. The number of rotatable bonds is 4. The Balaban J connectivity index is 1.75. The molecule has 0 spiro atoms. The van der Waals surface area contributed by atoms with E-state index in [1.807, 2.05) is 24.3 Å². The highest BCUT2D eigenvalue weighted by atomic mass is 32.1. The molecule has 1 aliphatic rings. The molecule has 3 rings (SSSR count). The van der Waals surface area contributed by atoms with Gasteiger partial charge >= 0.3 is 0 Å². The van der Waals surface area contributed by atoms with Gasteiger partial charge in [-0.2, -0.15) is 0 Å². The zero-order valence-corrected chi connectivity index (χ0v) is 13.4. The minimum Gasteiger partial charge on any atom is -0.365 e. The van der Waals surface area contributed by atoms with Crippen LogP contribution >= 0.6 is 11.3 Å². The summed E-state index contributed by atoms with van der Waals surface area (Å²) in [7, 11) is 1.69. The van der Waals surface area contributed by atoms with E-state index in [9.17, 15) is 9.59 Å². The number of primary amides is 1. The maximum atomic E-state index is 12.5. The van der Waals surface area contributed by atoms with Crippen LogP contribution in [0.4, 0.5) is 10.1 Å². The van der Waals surface area contributed by atoms with Crippen LogP contribution in [-0.2, 0) is 17.8 Å². The second kappa shape index (κ2) is 6.35. The second-order valence-corrected chi connectivity index (χ2v) is 6.21. The number of amides is 2. The SMILES string of the molecule is CNc1nc(C(N)=O)c(NC(=O)[C@H]2Cc3ccccc3CN2)s1. The number of nitrogens with one attached hydrogen (secondary N) is 3. The lowest BCUT2D eigenvalue weighted by Gasteiger charge is -2.25. The van der Waals surface area contributed by atoms with Crippen molar-refractivity contribution in [1.29, 1.82) is 0 Å². The Kier molecular flexibility index (Phi) is 4.26. The van der Waals surface area contributed by atoms with Crippen LogP contribution in [0, 0.1) is 0 Å². The normalized spacial score (nSPS) is 16.5. The van der Waals surface area contributed by atoms with Gasteiger partial charge in [0.25, 0.3) is 5.91 Å². The molecule has 0 radical (unpaired) electrons. The van der Waals surface area contributed by atoms with Gasteiger partial charge in [-0.25, -0.2) is 4.98 Å². The summed E-state index contributed by atoms with van der Waals surface area (Å²) in [4.78, 5) is 28.0. The molecule has 1 aromatic carbocycles. The first-order valence-electron chi connectivity index (χ1n) is 7.18. The van der Waals surface area contributed by atoms with Crippen LogP contribution in [0.3, 0.4) is 0 Å². The topological polar surface area (TPSA) is 109 Å². The molecule has 2 heterocycles. The van der Waals surface area contributed by atoms with Crippen molar-refractivity contribution in [2.24, 2.45) is 5.73 Å². The molecule has 2 aromatic rings. The van der Waals surface area contributed by atoms with Crippen LogP contribution in [0.2, 0.25) is 0 Å². The molecule has 2 amide bonds. The number of anilines is 2. The molecule has 0 unspecified atom stereocenters. The van der Waals surface area contributed by atoms with Crippen LogP contribution in [0.5, 0.6) is 0 Å². The summed E-state index contributed by atoms with van der Waals surface area (Å²) in [5, 5.41) is 9.70. The first kappa shape index (κ1) is 15.4. The maximum absolute atomic E-state index is 12.5. The Bertz CT molecular complexity index is 758. The third-order valence-electron chi connectivity index (χ3n) is 3.71. The Labute approximate surface area is 137 Å². The third-order valence-corrected chi connectivity index (χ3v) is 4.70. The second-order valence-electron chi connectivity index (χ2n) is 5.21. The number of carbonyl (C=O) groups is 2. The Morgan fingerprint density at radius 3 is 2.78 bits per heavy atom. The molecule has 0 fully saturated rings. The number of nitrogens with zero attached hydrogens (tertiary/aromatic N) is 1. The standard InChI is InChI=1S/C15H17N5O2S/c1-17-15-19-11(12(16)21)14(23-15)20-13(22)10-6-8-4-2-3-5-9(8)7-18-10/h2-5,10,18H,6-7H2,1H3,(H2,16,21)(H,17,19)(H,20,22)/t10-/m1/s1. The molecule has 23 heavy (non-hydrogen) atoms. The number of thiazole rings is 1. The predicted octanol–water partition coefficient (Wildman–Crippen LogP) is 0.937. The van der Waals surface area contributed by atoms with E-state index in [0.717, 1.165) is 5.56 Å². The van der Waals surface area contributed by atoms with E-state index < -0.39 is 5.91 Å². The zero-order chi connectivity index (χ0) is 16.4. The van der Waals surface area contributed by atoms with E-state index in [0.29, 0.717) is 23.1 Å². The van der Waals surface area contributed by atoms with Gasteiger partial charge in [-0.3, -0.25) is 9.59 Å². The van der Waals surface area contributed by atoms with Gasteiger partial charge in [0.15, 0.2) is 10.8 Å². The molecule has 1 atom stereocenters. The number of fused-ring (bicyclic) bond motifs is 1. The lowest BCUT2D eigenvalue weighted by molar-refractivity contribution is -0.118. The van der Waals surface area contributed by atoms with Crippen molar-refractivity contribution in [2.75, 3.05) is 17.7 Å². The zero-order valence-electron chi connectivity index (χ0n) is 12.6. The van der Waals surface area contributed by atoms with Crippen LogP contribution < -0.4 is 21.7 Å². The number of carbonyl (C=O) groups excluding carboxylic acids is 2. The van der Waals surface area contributed by atoms with Crippen LogP contribution in [-0.4, -0.2) is 29.9 Å². The fourth-order valence-corrected chi connectivity index (χ4v) is 3.34. The van der Waals surface area contributed by atoms with Gasteiger partial charge in [0.2, 0.25) is 5.91 Å². The van der Waals surface area contributed by atoms with Crippen molar-refractivity contribution in [3.8, 4) is 0 Å². The van der Waals surface area contributed by atoms with Crippen molar-refractivity contribution >= 4 is 33.3 Å². The third kappa shape index (κ3) is 3.17. The van der Waals surface area contributed by atoms with Crippen LogP contribution in [0.1, 0.15) is 21.6 Å². The number of nitrogens with two attached hydrogens (primary N) is 1. The number of aromatic nitrogens is 1. The largest absolute Gasteiger partial charge is 0.365 e. The summed E-state index contributed by atoms with van der Waals surface area (Å²) < 4.78 is 0. The smallest absolute Gasteiger partial charge is 0.270 e. The summed E-state index contributed by atoms with van der Waals surface area (Å²) >= 11 is 1.18. The molecule has 1 aliphatic heterocycles. The summed E-state index contributed by atoms with van der Waals surface area (Å²) in [5.74, 6) is -0.867. The summed E-state index contributed by atoms with van der Waals surface area (Å²) in [5.41, 5.74) is 7.74. The molecule has 8 heteroatoms. The van der Waals surface area contributed by atoms with Crippen molar-refractivity contribution in [2.45, 2.75) is 19.0 Å². The van der Waals surface area contributed by atoms with Crippen molar-refractivity contribution < 1.29 is 9.59 Å². The van der Waals surface area contributed by atoms with E-state index in [2.05, 4.69) is 20.9 Å². The van der Waals surface area contributed by atoms with E-state index in [1.165, 1.54) is 16.9 Å². The average molecular weight is 331 g/mol. The van der Waals surface area contributed by atoms with E-state index in [4.69, 9.17) is 5.73 Å². The van der Waals surface area contributed by atoms with Gasteiger partial charge in [0.1, 0.15) is 5.00 Å². The van der Waals surface area contributed by atoms with Gasteiger partial charge in [0.05, 0.1) is 6.04 Å². The number of benzene rings is 1. The van der Waals surface area contributed by atoms with E-state index in [1.54, 1.807) is 7.05 Å². The predicted molar refractivity (Wildman–Crippen MR) is 89.6 cm³/mol. The molecule has 1 aromatic heterocycles. The van der Waals surface area contributed by atoms with E-state index in [-0.39, 0.29) is 17.6 Å². The van der Waals surface area contributed by atoms with Crippen molar-refractivity contribution in [3.05, 3.63) is 41.1 Å². The quantitative estimate of drug-likeness (QED) is 0.666. The van der Waals surface area contributed by atoms with Gasteiger partial charge in [-0.1, -0.05) is 35.6 Å². The number of hydrogen-bond donors (Lipinski definition) is 4. The molecule has 0 saturated heterocycles. The highest BCUT2D eigenvalue weighted by Crippen LogP contribution is 2.28. The first-order valence-corrected chi connectivity index (χ1v) is 7.99. The van der Waals surface area contributed by atoms with Gasteiger partial charge < -0.3 is 21.7 Å². The van der Waals surface area contributed by atoms with Crippen molar-refractivity contribution in [3.63, 3.8) is 0 Å². The lowest BCUT2D eigenvalue weighted by atomic mass is 9.95. The molecule has 5 N–H and O–H groups in total. The number of hydrogen-bond acceptors (Lipinski definition) is 6. The molecule has 0 bridgehead atoms.